The Labute approximate surface area is 150 Å². The summed E-state index contributed by atoms with van der Waals surface area (Å²) in [6, 6.07) is 14.1. The molecule has 25 heavy (non-hydrogen) atoms. The summed E-state index contributed by atoms with van der Waals surface area (Å²) >= 11 is 1.78. The molecule has 3 aromatic rings. The minimum atomic E-state index is -4.16. The Morgan fingerprint density at radius 3 is 2.64 bits per heavy atom. The van der Waals surface area contributed by atoms with E-state index in [9.17, 15) is 8.42 Å². The molecule has 0 fully saturated rings. The first-order valence-electron chi connectivity index (χ1n) is 7.68. The molecular weight excluding hydrogens is 358 g/mol. The van der Waals surface area contributed by atoms with Crippen molar-refractivity contribution >= 4 is 43.6 Å². The number of anilines is 1. The van der Waals surface area contributed by atoms with E-state index in [1.807, 2.05) is 12.1 Å². The Kier molecular flexibility index (Phi) is 5.12. The number of aryl methyl sites for hydroxylation is 2. The van der Waals surface area contributed by atoms with E-state index in [1.54, 1.807) is 29.7 Å². The molecule has 0 atom stereocenters. The van der Waals surface area contributed by atoms with Gasteiger partial charge < -0.3 is 0 Å². The molecule has 0 radical (unpaired) electrons. The first-order chi connectivity index (χ1) is 11.9. The first kappa shape index (κ1) is 17.5. The molecule has 1 aromatic heterocycles. The van der Waals surface area contributed by atoms with Gasteiger partial charge in [-0.3, -0.25) is 9.98 Å². The van der Waals surface area contributed by atoms with Gasteiger partial charge in [0.15, 0.2) is 6.54 Å². The number of nitrogens with one attached hydrogen (secondary N) is 1. The monoisotopic (exact) mass is 376 g/mol. The zero-order chi connectivity index (χ0) is 17.9. The van der Waals surface area contributed by atoms with Gasteiger partial charge in [0.2, 0.25) is 10.5 Å². The SMILES string of the molecule is Cc1sc2ccccc2[n+]1CCC=NNc1ccc(S(=O)(=O)O)cc1. The molecule has 0 saturated carbocycles. The molecule has 0 spiro atoms. The average molecular weight is 376 g/mol. The number of thiazole rings is 1. The average Bonchev–Trinajstić information content (AvgIpc) is 2.90. The Bertz CT molecular complexity index is 1010. The second-order valence-electron chi connectivity index (χ2n) is 5.45. The van der Waals surface area contributed by atoms with Gasteiger partial charge in [-0.05, 0) is 30.3 Å². The van der Waals surface area contributed by atoms with Crippen LogP contribution in [0.2, 0.25) is 0 Å². The van der Waals surface area contributed by atoms with E-state index in [0.29, 0.717) is 5.69 Å². The van der Waals surface area contributed by atoms with Crippen LogP contribution in [0.5, 0.6) is 0 Å². The standard InChI is InChI=1S/C17H17N3O3S2/c1-13-20(16-5-2-3-6-17(16)24-13)12-4-11-18-19-14-7-9-15(10-8-14)25(21,22)23/h2-3,5-11,19H,4,12H2,1H3/p+1. The first-order valence-corrected chi connectivity index (χ1v) is 9.94. The van der Waals surface area contributed by atoms with E-state index in [4.69, 9.17) is 4.55 Å². The fourth-order valence-corrected chi connectivity index (χ4v) is 4.03. The van der Waals surface area contributed by atoms with E-state index in [2.05, 4.69) is 34.2 Å². The summed E-state index contributed by atoms with van der Waals surface area (Å²) in [6.07, 6.45) is 2.55. The van der Waals surface area contributed by atoms with Crippen molar-refractivity contribution in [1.29, 1.82) is 0 Å². The molecule has 2 N–H and O–H groups in total. The van der Waals surface area contributed by atoms with E-state index < -0.39 is 10.1 Å². The van der Waals surface area contributed by atoms with Gasteiger partial charge in [0, 0.05) is 25.6 Å². The van der Waals surface area contributed by atoms with Gasteiger partial charge in [0.05, 0.1) is 10.6 Å². The van der Waals surface area contributed by atoms with Crippen LogP contribution in [-0.4, -0.2) is 19.2 Å². The van der Waals surface area contributed by atoms with Crippen molar-refractivity contribution in [2.75, 3.05) is 5.43 Å². The van der Waals surface area contributed by atoms with E-state index in [0.717, 1.165) is 13.0 Å². The van der Waals surface area contributed by atoms with Crippen molar-refractivity contribution in [3.05, 3.63) is 53.5 Å². The molecule has 8 heteroatoms. The molecular formula is C17H18N3O3S2+. The Hall–Kier alpha value is -2.29. The second kappa shape index (κ2) is 7.30. The summed E-state index contributed by atoms with van der Waals surface area (Å²) in [7, 11) is -4.16. The molecule has 0 aliphatic rings. The molecule has 2 aromatic carbocycles. The van der Waals surface area contributed by atoms with Gasteiger partial charge in [-0.15, -0.1) is 0 Å². The topological polar surface area (TPSA) is 82.6 Å². The second-order valence-corrected chi connectivity index (χ2v) is 8.11. The largest absolute Gasteiger partial charge is 0.294 e. The maximum atomic E-state index is 11.0. The zero-order valence-electron chi connectivity index (χ0n) is 13.6. The molecule has 0 aliphatic heterocycles. The molecule has 130 valence electrons. The summed E-state index contributed by atoms with van der Waals surface area (Å²) in [5, 5.41) is 5.40. The molecule has 1 heterocycles. The third-order valence-electron chi connectivity index (χ3n) is 3.71. The summed E-state index contributed by atoms with van der Waals surface area (Å²) in [6.45, 7) is 2.94. The van der Waals surface area contributed by atoms with Gasteiger partial charge in [-0.25, -0.2) is 0 Å². The van der Waals surface area contributed by atoms with Crippen LogP contribution >= 0.6 is 11.3 Å². The highest BCUT2D eigenvalue weighted by atomic mass is 32.2. The smallest absolute Gasteiger partial charge is 0.282 e. The van der Waals surface area contributed by atoms with Crippen LogP contribution in [0.3, 0.4) is 0 Å². The van der Waals surface area contributed by atoms with Crippen molar-refractivity contribution < 1.29 is 17.5 Å². The van der Waals surface area contributed by atoms with Crippen molar-refractivity contribution in [2.45, 2.75) is 24.8 Å². The van der Waals surface area contributed by atoms with Crippen LogP contribution in [-0.2, 0) is 16.7 Å². The highest BCUT2D eigenvalue weighted by Crippen LogP contribution is 2.19. The summed E-state index contributed by atoms with van der Waals surface area (Å²) in [4.78, 5) is -0.141. The minimum Gasteiger partial charge on any atom is -0.282 e. The van der Waals surface area contributed by atoms with Crippen molar-refractivity contribution in [2.24, 2.45) is 5.10 Å². The number of hydrogen-bond donors (Lipinski definition) is 2. The van der Waals surface area contributed by atoms with E-state index in [1.165, 1.54) is 27.4 Å². The number of aromatic nitrogens is 1. The molecule has 6 nitrogen and oxygen atoms in total. The van der Waals surface area contributed by atoms with Gasteiger partial charge >= 0.3 is 0 Å². The molecule has 0 aliphatic carbocycles. The predicted molar refractivity (Wildman–Crippen MR) is 99.7 cm³/mol. The number of hydrogen-bond acceptors (Lipinski definition) is 5. The quantitative estimate of drug-likeness (QED) is 0.299. The lowest BCUT2D eigenvalue weighted by molar-refractivity contribution is -0.671. The van der Waals surface area contributed by atoms with Crippen molar-refractivity contribution in [3.63, 3.8) is 0 Å². The van der Waals surface area contributed by atoms with E-state index in [-0.39, 0.29) is 4.90 Å². The molecule has 3 rings (SSSR count). The minimum absolute atomic E-state index is 0.141. The normalized spacial score (nSPS) is 12.1. The number of hydrazone groups is 1. The fraction of sp³-hybridized carbons (Fsp3) is 0.176. The summed E-state index contributed by atoms with van der Waals surface area (Å²) in [5.74, 6) is 0. The third-order valence-corrected chi connectivity index (χ3v) is 5.66. The van der Waals surface area contributed by atoms with Crippen molar-refractivity contribution in [3.8, 4) is 0 Å². The number of rotatable bonds is 6. The number of nitrogens with zero attached hydrogens (tertiary/aromatic N) is 2. The summed E-state index contributed by atoms with van der Waals surface area (Å²) in [5.41, 5.74) is 4.72. The van der Waals surface area contributed by atoms with Gasteiger partial charge in [-0.2, -0.15) is 18.1 Å². The van der Waals surface area contributed by atoms with Gasteiger partial charge in [-0.1, -0.05) is 23.5 Å². The number of para-hydroxylation sites is 1. The number of fused-ring (bicyclic) bond motifs is 1. The van der Waals surface area contributed by atoms with Crippen LogP contribution in [0.25, 0.3) is 10.2 Å². The van der Waals surface area contributed by atoms with Crippen LogP contribution in [0.4, 0.5) is 5.69 Å². The maximum Gasteiger partial charge on any atom is 0.294 e. The van der Waals surface area contributed by atoms with Crippen LogP contribution in [0.1, 0.15) is 11.4 Å². The van der Waals surface area contributed by atoms with Gasteiger partial charge in [0.1, 0.15) is 4.70 Å². The van der Waals surface area contributed by atoms with Crippen LogP contribution in [0.15, 0.2) is 58.5 Å². The lowest BCUT2D eigenvalue weighted by Crippen LogP contribution is -2.35. The third kappa shape index (κ3) is 4.22. The number of benzene rings is 2. The lowest BCUT2D eigenvalue weighted by Gasteiger charge is -2.01. The lowest BCUT2D eigenvalue weighted by atomic mass is 10.3. The Morgan fingerprint density at radius 2 is 1.92 bits per heavy atom. The van der Waals surface area contributed by atoms with Crippen LogP contribution < -0.4 is 9.99 Å². The Balaban J connectivity index is 1.58. The maximum absolute atomic E-state index is 11.0. The molecule has 0 unspecified atom stereocenters. The molecule has 0 saturated heterocycles. The fourth-order valence-electron chi connectivity index (χ4n) is 2.50. The molecule has 0 amide bonds. The highest BCUT2D eigenvalue weighted by molar-refractivity contribution is 7.85. The Morgan fingerprint density at radius 1 is 1.20 bits per heavy atom. The van der Waals surface area contributed by atoms with Crippen LogP contribution in [0, 0.1) is 6.92 Å². The molecule has 0 bridgehead atoms. The zero-order valence-corrected chi connectivity index (χ0v) is 15.2. The highest BCUT2D eigenvalue weighted by Gasteiger charge is 2.15. The summed E-state index contributed by atoms with van der Waals surface area (Å²) < 4.78 is 34.4. The predicted octanol–water partition coefficient (Wildman–Crippen LogP) is 3.23. The van der Waals surface area contributed by atoms with Gasteiger partial charge in [0.25, 0.3) is 10.1 Å². The van der Waals surface area contributed by atoms with E-state index >= 15 is 0 Å². The van der Waals surface area contributed by atoms with Crippen molar-refractivity contribution in [1.82, 2.24) is 0 Å².